The Hall–Kier alpha value is -0.0956. The van der Waals surface area contributed by atoms with Gasteiger partial charge in [0.05, 0.1) is 0 Å². The number of hydrogen-bond acceptors (Lipinski definition) is 8. The van der Waals surface area contributed by atoms with Crippen molar-refractivity contribution in [1.29, 1.82) is 5.26 Å². The Labute approximate surface area is 228 Å². The Morgan fingerprint density at radius 2 is 1.69 bits per heavy atom. The van der Waals surface area contributed by atoms with E-state index in [9.17, 15) is 4.57 Å². The Bertz CT molecular complexity index is 736. The maximum atomic E-state index is 14.2. The number of nitrogens with zero attached hydrogens (tertiary/aromatic N) is 2. The van der Waals surface area contributed by atoms with Gasteiger partial charge in [-0.05, 0) is 5.92 Å². The molecule has 1 heterocycles. The summed E-state index contributed by atoms with van der Waals surface area (Å²) in [7, 11) is -4.02. The summed E-state index contributed by atoms with van der Waals surface area (Å²) in [6.45, 7) is 20.6. The summed E-state index contributed by atoms with van der Waals surface area (Å²) in [6.07, 6.45) is 0.398. The van der Waals surface area contributed by atoms with Crippen LogP contribution in [0.25, 0.3) is 0 Å². The van der Waals surface area contributed by atoms with Crippen molar-refractivity contribution in [3.05, 3.63) is 0 Å². The molecule has 209 valence electrons. The van der Waals surface area contributed by atoms with Crippen LogP contribution in [0.1, 0.15) is 81.6 Å². The summed E-state index contributed by atoms with van der Waals surface area (Å²) in [5.41, 5.74) is 0. The molecule has 36 heavy (non-hydrogen) atoms. The Morgan fingerprint density at radius 3 is 2.25 bits per heavy atom. The Morgan fingerprint density at radius 1 is 1.06 bits per heavy atom. The Kier molecular flexibility index (Phi) is 15.8. The van der Waals surface area contributed by atoms with Gasteiger partial charge in [0.1, 0.15) is 0 Å². The number of rotatable bonds is 18. The fourth-order valence-corrected chi connectivity index (χ4v) is 6.71. The van der Waals surface area contributed by atoms with Gasteiger partial charge in [-0.3, -0.25) is 0 Å². The van der Waals surface area contributed by atoms with Crippen molar-refractivity contribution in [3.63, 3.8) is 0 Å². The van der Waals surface area contributed by atoms with Crippen molar-refractivity contribution in [2.45, 2.75) is 99.9 Å². The van der Waals surface area contributed by atoms with Crippen LogP contribution in [0, 0.1) is 52.8 Å². The first-order valence-electron chi connectivity index (χ1n) is 13.5. The van der Waals surface area contributed by atoms with Gasteiger partial charge in [0.25, 0.3) is 0 Å². The van der Waals surface area contributed by atoms with Gasteiger partial charge in [-0.2, -0.15) is 0 Å². The van der Waals surface area contributed by atoms with Crippen LogP contribution < -0.4 is 0 Å². The molecule has 0 aromatic carbocycles. The number of hydrogen-bond donors (Lipinski definition) is 0. The fraction of sp³-hybridized carbons (Fsp3) is 0.962. The van der Waals surface area contributed by atoms with E-state index in [1.807, 2.05) is 23.3 Å². The summed E-state index contributed by atoms with van der Waals surface area (Å²) < 4.78 is 41.8. The van der Waals surface area contributed by atoms with Crippen LogP contribution in [0.3, 0.4) is 0 Å². The zero-order valence-electron chi connectivity index (χ0n) is 23.8. The van der Waals surface area contributed by atoms with Crippen LogP contribution in [-0.4, -0.2) is 38.1 Å². The molecule has 10 heteroatoms. The third-order valence-corrected chi connectivity index (χ3v) is 10.3. The second kappa shape index (κ2) is 16.8. The van der Waals surface area contributed by atoms with Crippen LogP contribution in [0.4, 0.5) is 0 Å². The molecule has 0 radical (unpaired) electrons. The fourth-order valence-electron chi connectivity index (χ4n) is 4.86. The summed E-state index contributed by atoms with van der Waals surface area (Å²) in [5.74, 6) is 2.35. The molecule has 1 rings (SSSR count). The molecule has 8 nitrogen and oxygen atoms in total. The van der Waals surface area contributed by atoms with Crippen molar-refractivity contribution in [2.75, 3.05) is 19.8 Å². The van der Waals surface area contributed by atoms with E-state index in [0.717, 1.165) is 6.42 Å². The first-order chi connectivity index (χ1) is 16.9. The van der Waals surface area contributed by atoms with E-state index < -0.39 is 20.0 Å². The van der Waals surface area contributed by atoms with Crippen molar-refractivity contribution in [2.24, 2.45) is 45.4 Å². The topological polar surface area (TPSA) is 99.4 Å². The molecular formula is C26H49N2O6PV. The smallest absolute Gasteiger partial charge is 0.0625 e. The average Bonchev–Trinajstić information content (AvgIpc) is 3.29. The van der Waals surface area contributed by atoms with E-state index in [0.29, 0.717) is 42.6 Å². The summed E-state index contributed by atoms with van der Waals surface area (Å²) in [4.78, 5) is 5.15. The minimum atomic E-state index is -4.02. The molecule has 10 unspecified atom stereocenters. The van der Waals surface area contributed by atoms with Crippen molar-refractivity contribution >= 4 is 7.82 Å². The molecule has 0 spiro atoms. The van der Waals surface area contributed by atoms with Gasteiger partial charge in [0.15, 0.2) is 0 Å². The standard InChI is InChI=1S/C26H49N2O6P.V/c1-10-18(4)20(6)22(8)26(23(9)21(7)19(5)17(2)3)34-35(29,32-14-11-13-27)33-24-12-15-30-25(24)16-31-28;/h17-26H,10-12,14-16H2,1-9H3;. The van der Waals surface area contributed by atoms with Gasteiger partial charge in [0.2, 0.25) is 0 Å². The summed E-state index contributed by atoms with van der Waals surface area (Å²) >= 11 is 1.99. The van der Waals surface area contributed by atoms with Crippen LogP contribution in [0.5, 0.6) is 0 Å². The molecule has 1 fully saturated rings. The minimum Gasteiger partial charge on any atom is -0.0625 e. The van der Waals surface area contributed by atoms with E-state index in [4.69, 9.17) is 28.4 Å². The first-order valence-corrected chi connectivity index (χ1v) is 15.6. The quantitative estimate of drug-likeness (QED) is 0.0987. The molecule has 10 atom stereocenters. The second-order valence-electron chi connectivity index (χ2n) is 10.9. The number of phosphoric acid groups is 1. The van der Waals surface area contributed by atoms with E-state index >= 15 is 0 Å². The van der Waals surface area contributed by atoms with E-state index in [2.05, 4.69) is 66.3 Å². The predicted octanol–water partition coefficient (Wildman–Crippen LogP) is 7.13. The molecule has 0 amide bonds. The molecule has 1 aliphatic heterocycles. The van der Waals surface area contributed by atoms with Gasteiger partial charge in [-0.1, -0.05) is 41.0 Å². The van der Waals surface area contributed by atoms with Crippen LogP contribution in [0.15, 0.2) is 3.95 Å². The average molecular weight is 568 g/mol. The normalized spacial score (nSPS) is 25.8. The number of nitriles is 1. The van der Waals surface area contributed by atoms with Gasteiger partial charge in [-0.15, -0.1) is 0 Å². The maximum absolute atomic E-state index is 14.2. The second-order valence-corrected chi connectivity index (χ2v) is 12.7. The van der Waals surface area contributed by atoms with Crippen LogP contribution in [0.2, 0.25) is 0 Å². The third-order valence-electron chi connectivity index (χ3n) is 8.54. The zero-order valence-corrected chi connectivity index (χ0v) is 26.0. The van der Waals surface area contributed by atoms with Gasteiger partial charge >= 0.3 is 182 Å². The van der Waals surface area contributed by atoms with Crippen molar-refractivity contribution in [3.8, 4) is 6.07 Å². The van der Waals surface area contributed by atoms with Gasteiger partial charge < -0.3 is 0 Å². The monoisotopic (exact) mass is 567 g/mol. The van der Waals surface area contributed by atoms with Gasteiger partial charge in [-0.25, -0.2) is 0 Å². The molecule has 0 N–H and O–H groups in total. The Balaban J connectivity index is 3.30. The SMILES string of the molecule is CCC(C)C(C)C(C)C(OP(=O)(OCCC#N)OC1CCOC1CO[N]=[V])C(C)C(C)C(C)C(C)C. The van der Waals surface area contributed by atoms with E-state index in [1.165, 1.54) is 0 Å². The molecular weight excluding hydrogens is 518 g/mol. The summed E-state index contributed by atoms with van der Waals surface area (Å²) in [5, 5.41) is 9.04. The van der Waals surface area contributed by atoms with Crippen molar-refractivity contribution < 1.29 is 44.9 Å². The molecule has 0 aromatic heterocycles. The summed E-state index contributed by atoms with van der Waals surface area (Å²) in [6, 6.07) is 2.04. The third kappa shape index (κ3) is 10.2. The van der Waals surface area contributed by atoms with E-state index in [1.54, 1.807) is 0 Å². The predicted molar refractivity (Wildman–Crippen MR) is 136 cm³/mol. The van der Waals surface area contributed by atoms with Crippen molar-refractivity contribution in [1.82, 2.24) is 0 Å². The minimum absolute atomic E-state index is 0.0291. The first kappa shape index (κ1) is 33.9. The molecule has 0 aliphatic carbocycles. The molecule has 1 aliphatic rings. The molecule has 0 bridgehead atoms. The van der Waals surface area contributed by atoms with Crippen LogP contribution >= 0.6 is 7.82 Å². The van der Waals surface area contributed by atoms with Crippen LogP contribution in [-0.2, 0) is 44.9 Å². The van der Waals surface area contributed by atoms with Gasteiger partial charge in [0, 0.05) is 0 Å². The molecule has 1 saturated heterocycles. The zero-order chi connectivity index (χ0) is 27.5. The molecule has 0 saturated carbocycles. The van der Waals surface area contributed by atoms with E-state index in [-0.39, 0.29) is 37.6 Å². The number of phosphoric ester groups is 1. The molecule has 0 aromatic rings. The number of ether oxygens (including phenoxy) is 1.